The molecule has 6 heteroatoms. The van der Waals surface area contributed by atoms with Gasteiger partial charge in [-0.3, -0.25) is 9.79 Å². The molecule has 0 atom stereocenters. The monoisotopic (exact) mass is 214 g/mol. The van der Waals surface area contributed by atoms with Gasteiger partial charge in [0.25, 0.3) is 0 Å². The van der Waals surface area contributed by atoms with Crippen molar-refractivity contribution >= 4 is 19.4 Å². The molecule has 0 amide bonds. The van der Waals surface area contributed by atoms with Crippen molar-refractivity contribution in [3.05, 3.63) is 10.8 Å². The molecule has 0 unspecified atom stereocenters. The van der Waals surface area contributed by atoms with Crippen LogP contribution in [0.1, 0.15) is 26.7 Å². The van der Waals surface area contributed by atoms with E-state index in [0.717, 1.165) is 0 Å². The summed E-state index contributed by atoms with van der Waals surface area (Å²) >= 11 is 5.65. The molecule has 0 heterocycles. The van der Waals surface area contributed by atoms with Crippen LogP contribution in [0.4, 0.5) is 0 Å². The second-order valence-corrected chi connectivity index (χ2v) is 3.74. The smallest absolute Gasteiger partial charge is 0.408 e. The third-order valence-corrected chi connectivity index (χ3v) is 2.10. The number of hydrogen-bond acceptors (Lipinski definition) is 2. The van der Waals surface area contributed by atoms with Crippen LogP contribution in [0.3, 0.4) is 0 Å². The Labute approximate surface area is 76.4 Å². The second kappa shape index (κ2) is 4.87. The van der Waals surface area contributed by atoms with Crippen LogP contribution in [0.5, 0.6) is 0 Å². The van der Waals surface area contributed by atoms with Gasteiger partial charge >= 0.3 is 7.82 Å². The fraction of sp³-hybridized carbons (Fsp3) is 0.667. The quantitative estimate of drug-likeness (QED) is 0.557. The molecule has 4 nitrogen and oxygen atoms in total. The predicted octanol–water partition coefficient (Wildman–Crippen LogP) is 2.37. The lowest BCUT2D eigenvalue weighted by atomic mass is 10.3. The Morgan fingerprint density at radius 3 is 2.17 bits per heavy atom. The zero-order valence-corrected chi connectivity index (χ0v) is 8.60. The average Bonchev–Trinajstić information content (AvgIpc) is 1.97. The topological polar surface area (TPSA) is 66.8 Å². The van der Waals surface area contributed by atoms with Crippen LogP contribution in [0.25, 0.3) is 0 Å². The first-order valence-electron chi connectivity index (χ1n) is 3.53. The number of phosphoric acid groups is 1. The van der Waals surface area contributed by atoms with Crippen molar-refractivity contribution in [1.29, 1.82) is 0 Å². The summed E-state index contributed by atoms with van der Waals surface area (Å²) in [6.07, 6.45) is 0.877. The lowest BCUT2D eigenvalue weighted by molar-refractivity contribution is 0.236. The molecule has 0 radical (unpaired) electrons. The highest BCUT2D eigenvalue weighted by molar-refractivity contribution is 7.46. The number of hydrogen-bond donors (Lipinski definition) is 2. The van der Waals surface area contributed by atoms with E-state index in [0.29, 0.717) is 17.9 Å². The maximum absolute atomic E-state index is 10.4. The Balaban J connectivity index is 4.49. The summed E-state index contributed by atoms with van der Waals surface area (Å²) in [4.78, 5) is 16.9. The van der Waals surface area contributed by atoms with Crippen molar-refractivity contribution in [2.75, 3.05) is 0 Å². The molecule has 0 aromatic carbocycles. The lowest BCUT2D eigenvalue weighted by Gasteiger charge is -2.10. The molecule has 0 saturated carbocycles. The number of allylic oxidation sites excluding steroid dienone is 2. The summed E-state index contributed by atoms with van der Waals surface area (Å²) in [5, 5.41) is 0.348. The minimum Gasteiger partial charge on any atom is -0.408 e. The summed E-state index contributed by atoms with van der Waals surface area (Å²) in [6.45, 7) is 3.49. The molecule has 0 aliphatic heterocycles. The third-order valence-electron chi connectivity index (χ3n) is 1.16. The predicted molar refractivity (Wildman–Crippen MR) is 46.6 cm³/mol. The van der Waals surface area contributed by atoms with E-state index in [9.17, 15) is 4.57 Å². The van der Waals surface area contributed by atoms with Gasteiger partial charge in [-0.2, -0.15) is 0 Å². The van der Waals surface area contributed by atoms with E-state index in [4.69, 9.17) is 21.4 Å². The van der Waals surface area contributed by atoms with Gasteiger partial charge in [0.2, 0.25) is 0 Å². The normalized spacial score (nSPS) is 14.1. The van der Waals surface area contributed by atoms with Crippen molar-refractivity contribution < 1.29 is 18.9 Å². The van der Waals surface area contributed by atoms with Gasteiger partial charge in [-0.05, 0) is 6.42 Å². The standard InChI is InChI=1S/C6H12ClO4P/c1-3-5(7)6(4-2)11-12(8,9)10/h3-4H2,1-2H3,(H2,8,9,10). The van der Waals surface area contributed by atoms with E-state index in [1.165, 1.54) is 0 Å². The van der Waals surface area contributed by atoms with Gasteiger partial charge in [-0.1, -0.05) is 25.4 Å². The van der Waals surface area contributed by atoms with Gasteiger partial charge in [0, 0.05) is 6.42 Å². The van der Waals surface area contributed by atoms with Gasteiger partial charge in [-0.25, -0.2) is 4.57 Å². The first-order valence-corrected chi connectivity index (χ1v) is 5.44. The van der Waals surface area contributed by atoms with Crippen molar-refractivity contribution in [2.45, 2.75) is 26.7 Å². The molecular formula is C6H12ClO4P. The number of halogens is 1. The second-order valence-electron chi connectivity index (χ2n) is 2.12. The van der Waals surface area contributed by atoms with E-state index in [-0.39, 0.29) is 5.76 Å². The minimum atomic E-state index is -4.45. The van der Waals surface area contributed by atoms with Crippen molar-refractivity contribution in [1.82, 2.24) is 0 Å². The van der Waals surface area contributed by atoms with Crippen LogP contribution in [0.2, 0.25) is 0 Å². The summed E-state index contributed by atoms with van der Waals surface area (Å²) in [6, 6.07) is 0. The molecule has 0 aromatic heterocycles. The fourth-order valence-corrected chi connectivity index (χ4v) is 1.40. The third kappa shape index (κ3) is 4.78. The summed E-state index contributed by atoms with van der Waals surface area (Å²) < 4.78 is 14.8. The summed E-state index contributed by atoms with van der Waals surface area (Å²) in [5.74, 6) is 0.160. The maximum atomic E-state index is 10.4. The van der Waals surface area contributed by atoms with E-state index in [1.54, 1.807) is 13.8 Å². The van der Waals surface area contributed by atoms with Crippen LogP contribution in [0.15, 0.2) is 10.8 Å². The van der Waals surface area contributed by atoms with Crippen LogP contribution < -0.4 is 0 Å². The Hall–Kier alpha value is -0.0200. The first kappa shape index (κ1) is 12.0. The highest BCUT2D eigenvalue weighted by Gasteiger charge is 2.18. The Kier molecular flexibility index (Phi) is 4.87. The zero-order valence-electron chi connectivity index (χ0n) is 6.95. The first-order chi connectivity index (χ1) is 5.40. The van der Waals surface area contributed by atoms with Crippen molar-refractivity contribution in [3.63, 3.8) is 0 Å². The molecule has 0 aliphatic rings. The molecule has 0 aliphatic carbocycles. The van der Waals surface area contributed by atoms with Gasteiger partial charge in [0.05, 0.1) is 5.03 Å². The van der Waals surface area contributed by atoms with Crippen molar-refractivity contribution in [2.24, 2.45) is 0 Å². The molecule has 0 rings (SSSR count). The SMILES string of the molecule is CCC(Cl)=C(CC)OP(=O)(O)O. The van der Waals surface area contributed by atoms with Gasteiger partial charge in [0.15, 0.2) is 0 Å². The summed E-state index contributed by atoms with van der Waals surface area (Å²) in [7, 11) is -4.45. The van der Waals surface area contributed by atoms with E-state index in [1.807, 2.05) is 0 Å². The molecule has 2 N–H and O–H groups in total. The molecule has 0 saturated heterocycles. The zero-order chi connectivity index (χ0) is 9.78. The molecule has 0 fully saturated rings. The molecule has 0 bridgehead atoms. The van der Waals surface area contributed by atoms with E-state index in [2.05, 4.69) is 4.52 Å². The Morgan fingerprint density at radius 1 is 1.42 bits per heavy atom. The molecule has 0 aromatic rings. The number of rotatable bonds is 4. The van der Waals surface area contributed by atoms with Crippen LogP contribution in [-0.4, -0.2) is 9.79 Å². The Bertz CT molecular complexity index is 220. The molecular weight excluding hydrogens is 202 g/mol. The molecule has 72 valence electrons. The van der Waals surface area contributed by atoms with Gasteiger partial charge in [0.1, 0.15) is 5.76 Å². The van der Waals surface area contributed by atoms with Crippen LogP contribution >= 0.6 is 19.4 Å². The highest BCUT2D eigenvalue weighted by atomic mass is 35.5. The average molecular weight is 215 g/mol. The Morgan fingerprint density at radius 2 is 1.92 bits per heavy atom. The van der Waals surface area contributed by atoms with Gasteiger partial charge in [-0.15, -0.1) is 0 Å². The van der Waals surface area contributed by atoms with E-state index < -0.39 is 7.82 Å². The molecule has 12 heavy (non-hydrogen) atoms. The van der Waals surface area contributed by atoms with E-state index >= 15 is 0 Å². The summed E-state index contributed by atoms with van der Waals surface area (Å²) in [5.41, 5.74) is 0. The minimum absolute atomic E-state index is 0.160. The maximum Gasteiger partial charge on any atom is 0.524 e. The van der Waals surface area contributed by atoms with Crippen LogP contribution in [0, 0.1) is 0 Å². The largest absolute Gasteiger partial charge is 0.524 e. The molecule has 0 spiro atoms. The van der Waals surface area contributed by atoms with Crippen molar-refractivity contribution in [3.8, 4) is 0 Å². The lowest BCUT2D eigenvalue weighted by Crippen LogP contribution is -1.91. The number of phosphoric ester groups is 1. The highest BCUT2D eigenvalue weighted by Crippen LogP contribution is 2.41. The fourth-order valence-electron chi connectivity index (χ4n) is 0.647. The van der Waals surface area contributed by atoms with Gasteiger partial charge < -0.3 is 4.52 Å². The van der Waals surface area contributed by atoms with Crippen LogP contribution in [-0.2, 0) is 9.09 Å².